The van der Waals surface area contributed by atoms with E-state index in [0.717, 1.165) is 6.07 Å². The summed E-state index contributed by atoms with van der Waals surface area (Å²) in [5, 5.41) is 0.202. The third-order valence-corrected chi connectivity index (χ3v) is 3.36. The molecule has 0 amide bonds. The van der Waals surface area contributed by atoms with Crippen LogP contribution in [0.15, 0.2) is 41.2 Å². The van der Waals surface area contributed by atoms with Gasteiger partial charge in [0.25, 0.3) is 5.56 Å². The van der Waals surface area contributed by atoms with Gasteiger partial charge in [-0.15, -0.1) is 0 Å². The van der Waals surface area contributed by atoms with E-state index in [9.17, 15) is 13.6 Å². The third-order valence-electron chi connectivity index (χ3n) is 3.07. The third kappa shape index (κ3) is 2.78. The molecular weight excluding hydrogens is 298 g/mol. The number of aromatic amines is 1. The Labute approximate surface area is 123 Å². The van der Waals surface area contributed by atoms with Crippen molar-refractivity contribution >= 4 is 22.5 Å². The molecule has 0 saturated heterocycles. The van der Waals surface area contributed by atoms with Crippen LogP contribution >= 0.6 is 11.6 Å². The van der Waals surface area contributed by atoms with Crippen molar-refractivity contribution in [3.8, 4) is 0 Å². The van der Waals surface area contributed by atoms with Gasteiger partial charge < -0.3 is 4.98 Å². The minimum atomic E-state index is -0.504. The fraction of sp³-hybridized carbons (Fsp3) is 0.0667. The first-order chi connectivity index (χ1) is 10.0. The zero-order valence-electron chi connectivity index (χ0n) is 10.7. The average molecular weight is 307 g/mol. The summed E-state index contributed by atoms with van der Waals surface area (Å²) in [6.07, 6.45) is 0.294. The van der Waals surface area contributed by atoms with E-state index in [1.807, 2.05) is 0 Å². The highest BCUT2D eigenvalue weighted by Gasteiger charge is 2.07. The summed E-state index contributed by atoms with van der Waals surface area (Å²) in [5.74, 6) is -0.592. The summed E-state index contributed by atoms with van der Waals surface area (Å²) in [6, 6.07) is 8.13. The molecule has 0 radical (unpaired) electrons. The van der Waals surface area contributed by atoms with Crippen molar-refractivity contribution in [1.82, 2.24) is 9.97 Å². The maximum atomic E-state index is 13.1. The maximum absolute atomic E-state index is 13.1. The lowest BCUT2D eigenvalue weighted by atomic mass is 10.1. The molecule has 3 rings (SSSR count). The highest BCUT2D eigenvalue weighted by atomic mass is 35.5. The molecule has 6 heteroatoms. The molecule has 3 aromatic rings. The number of benzene rings is 2. The second-order valence-electron chi connectivity index (χ2n) is 4.60. The van der Waals surface area contributed by atoms with Crippen LogP contribution in [0.3, 0.4) is 0 Å². The Hall–Kier alpha value is -2.27. The van der Waals surface area contributed by atoms with Crippen molar-refractivity contribution in [2.45, 2.75) is 6.42 Å². The first-order valence-electron chi connectivity index (χ1n) is 6.15. The van der Waals surface area contributed by atoms with Crippen LogP contribution in [0.2, 0.25) is 5.02 Å². The molecule has 2 aromatic carbocycles. The molecule has 0 aliphatic carbocycles. The van der Waals surface area contributed by atoms with Crippen LogP contribution in [-0.4, -0.2) is 9.97 Å². The number of hydrogen-bond donors (Lipinski definition) is 1. The molecule has 0 bridgehead atoms. The summed E-state index contributed by atoms with van der Waals surface area (Å²) < 4.78 is 26.2. The predicted octanol–water partition coefficient (Wildman–Crippen LogP) is 3.45. The van der Waals surface area contributed by atoms with E-state index in [1.54, 1.807) is 6.07 Å². The SMILES string of the molecule is O=c1[nH]c(Cc2ccc(F)c(Cl)c2)nc2ccc(F)cc12. The Kier molecular flexibility index (Phi) is 3.43. The normalized spacial score (nSPS) is 11.0. The van der Waals surface area contributed by atoms with Crippen LogP contribution in [0.25, 0.3) is 10.9 Å². The number of rotatable bonds is 2. The Bertz CT molecular complexity index is 892. The van der Waals surface area contributed by atoms with Gasteiger partial charge in [-0.25, -0.2) is 13.8 Å². The number of nitrogens with zero attached hydrogens (tertiary/aromatic N) is 1. The number of H-pyrrole nitrogens is 1. The van der Waals surface area contributed by atoms with Crippen LogP contribution in [0.5, 0.6) is 0 Å². The van der Waals surface area contributed by atoms with Gasteiger partial charge >= 0.3 is 0 Å². The molecule has 0 saturated carbocycles. The molecule has 0 spiro atoms. The fourth-order valence-electron chi connectivity index (χ4n) is 2.09. The van der Waals surface area contributed by atoms with Crippen molar-refractivity contribution < 1.29 is 8.78 Å². The molecule has 0 aliphatic rings. The van der Waals surface area contributed by atoms with E-state index in [-0.39, 0.29) is 10.4 Å². The standard InChI is InChI=1S/C15H9ClF2N2O/c16-11-5-8(1-3-12(11)18)6-14-19-13-4-2-9(17)7-10(13)15(21)20-14/h1-5,7H,6H2,(H,19,20,21). The number of nitrogens with one attached hydrogen (secondary N) is 1. The zero-order valence-corrected chi connectivity index (χ0v) is 11.4. The van der Waals surface area contributed by atoms with E-state index < -0.39 is 17.2 Å². The van der Waals surface area contributed by atoms with Gasteiger partial charge in [-0.2, -0.15) is 0 Å². The second kappa shape index (κ2) is 5.26. The van der Waals surface area contributed by atoms with Crippen LogP contribution in [0.1, 0.15) is 11.4 Å². The molecule has 0 aliphatic heterocycles. The Morgan fingerprint density at radius 3 is 2.71 bits per heavy atom. The number of hydrogen-bond acceptors (Lipinski definition) is 2. The minimum absolute atomic E-state index is 0.0118. The van der Waals surface area contributed by atoms with E-state index in [0.29, 0.717) is 23.3 Å². The lowest BCUT2D eigenvalue weighted by molar-refractivity contribution is 0.627. The molecule has 1 aromatic heterocycles. The summed E-state index contributed by atoms with van der Waals surface area (Å²) >= 11 is 5.71. The fourth-order valence-corrected chi connectivity index (χ4v) is 2.29. The molecule has 1 N–H and O–H groups in total. The number of halogens is 3. The topological polar surface area (TPSA) is 45.8 Å². The minimum Gasteiger partial charge on any atom is -0.310 e. The molecule has 0 fully saturated rings. The van der Waals surface area contributed by atoms with E-state index in [2.05, 4.69) is 9.97 Å². The highest BCUT2D eigenvalue weighted by Crippen LogP contribution is 2.18. The Morgan fingerprint density at radius 2 is 1.95 bits per heavy atom. The zero-order chi connectivity index (χ0) is 15.0. The molecule has 106 valence electrons. The quantitative estimate of drug-likeness (QED) is 0.788. The smallest absolute Gasteiger partial charge is 0.258 e. The van der Waals surface area contributed by atoms with Gasteiger partial charge in [-0.05, 0) is 35.9 Å². The lowest BCUT2D eigenvalue weighted by Gasteiger charge is -2.04. The van der Waals surface area contributed by atoms with Crippen molar-refractivity contribution in [3.63, 3.8) is 0 Å². The van der Waals surface area contributed by atoms with E-state index in [1.165, 1.54) is 24.3 Å². The number of fused-ring (bicyclic) bond motifs is 1. The van der Waals surface area contributed by atoms with Crippen molar-refractivity contribution in [2.24, 2.45) is 0 Å². The van der Waals surface area contributed by atoms with Gasteiger partial charge in [0, 0.05) is 6.42 Å². The van der Waals surface area contributed by atoms with Gasteiger partial charge in [-0.3, -0.25) is 4.79 Å². The first-order valence-corrected chi connectivity index (χ1v) is 6.53. The predicted molar refractivity (Wildman–Crippen MR) is 76.5 cm³/mol. The largest absolute Gasteiger partial charge is 0.310 e. The second-order valence-corrected chi connectivity index (χ2v) is 5.01. The van der Waals surface area contributed by atoms with Crippen LogP contribution in [0, 0.1) is 11.6 Å². The molecule has 3 nitrogen and oxygen atoms in total. The average Bonchev–Trinajstić information content (AvgIpc) is 2.44. The Balaban J connectivity index is 2.03. The van der Waals surface area contributed by atoms with Crippen LogP contribution < -0.4 is 5.56 Å². The summed E-state index contributed by atoms with van der Waals surface area (Å²) in [7, 11) is 0. The van der Waals surface area contributed by atoms with Crippen LogP contribution in [0.4, 0.5) is 8.78 Å². The first kappa shape index (κ1) is 13.7. The number of aromatic nitrogens is 2. The Morgan fingerprint density at radius 1 is 1.14 bits per heavy atom. The monoisotopic (exact) mass is 306 g/mol. The molecule has 21 heavy (non-hydrogen) atoms. The summed E-state index contributed by atoms with van der Waals surface area (Å²) in [4.78, 5) is 18.8. The summed E-state index contributed by atoms with van der Waals surface area (Å²) in [6.45, 7) is 0. The van der Waals surface area contributed by atoms with Crippen molar-refractivity contribution in [3.05, 3.63) is 74.8 Å². The van der Waals surface area contributed by atoms with Crippen LogP contribution in [-0.2, 0) is 6.42 Å². The molecule has 1 heterocycles. The van der Waals surface area contributed by atoms with Crippen molar-refractivity contribution in [2.75, 3.05) is 0 Å². The van der Waals surface area contributed by atoms with E-state index >= 15 is 0 Å². The van der Waals surface area contributed by atoms with Gasteiger partial charge in [0.15, 0.2) is 0 Å². The molecular formula is C15H9ClF2N2O. The summed E-state index contributed by atoms with van der Waals surface area (Å²) in [5.41, 5.74) is 0.706. The maximum Gasteiger partial charge on any atom is 0.258 e. The van der Waals surface area contributed by atoms with Gasteiger partial charge in [0.2, 0.25) is 0 Å². The van der Waals surface area contributed by atoms with Crippen molar-refractivity contribution in [1.29, 1.82) is 0 Å². The molecule has 0 atom stereocenters. The van der Waals surface area contributed by atoms with E-state index in [4.69, 9.17) is 11.6 Å². The lowest BCUT2D eigenvalue weighted by Crippen LogP contribution is -2.12. The van der Waals surface area contributed by atoms with Gasteiger partial charge in [0.1, 0.15) is 17.5 Å². The van der Waals surface area contributed by atoms with Gasteiger partial charge in [0.05, 0.1) is 15.9 Å². The molecule has 0 unspecified atom stereocenters. The van der Waals surface area contributed by atoms with Gasteiger partial charge in [-0.1, -0.05) is 17.7 Å². The highest BCUT2D eigenvalue weighted by molar-refractivity contribution is 6.30.